The van der Waals surface area contributed by atoms with E-state index < -0.39 is 84.0 Å². The molecule has 1 saturated heterocycles. The van der Waals surface area contributed by atoms with E-state index in [0.717, 1.165) is 11.1 Å². The number of carboxylic acid groups (broad SMARTS) is 1. The van der Waals surface area contributed by atoms with Gasteiger partial charge < -0.3 is 35.8 Å². The third kappa shape index (κ3) is 18.0. The number of carbonyl (C=O) groups is 7. The Hall–Kier alpha value is -4.86. The Morgan fingerprint density at radius 3 is 1.86 bits per heavy atom. The molecule has 0 aromatic heterocycles. The lowest BCUT2D eigenvalue weighted by atomic mass is 9.77. The first-order valence-corrected chi connectivity index (χ1v) is 23.0. The van der Waals surface area contributed by atoms with Gasteiger partial charge in [-0.15, -0.1) is 6.42 Å². The lowest BCUT2D eigenvalue weighted by Gasteiger charge is -2.35. The summed E-state index contributed by atoms with van der Waals surface area (Å²) in [6.45, 7) is 11.4. The topological polar surface area (TPSA) is 210 Å². The molecule has 344 valence electrons. The number of esters is 1. The molecule has 6 atom stereocenters. The highest BCUT2D eigenvalue weighted by atomic mass is 127. The largest absolute Gasteiger partial charge is 0.481 e. The van der Waals surface area contributed by atoms with E-state index in [1.54, 1.807) is 24.3 Å². The summed E-state index contributed by atoms with van der Waals surface area (Å²) in [7, 11) is 0. The lowest BCUT2D eigenvalue weighted by Crippen LogP contribution is -2.60. The number of nitrogens with zero attached hydrogens (tertiary/aromatic N) is 1. The number of hydrogen-bond acceptors (Lipinski definition) is 10. The molecular weight excluding hydrogens is 921 g/mol. The van der Waals surface area contributed by atoms with E-state index in [-0.39, 0.29) is 54.4 Å². The summed E-state index contributed by atoms with van der Waals surface area (Å²) in [5.41, 5.74) is 0.208. The van der Waals surface area contributed by atoms with E-state index in [1.807, 2.05) is 91.6 Å². The predicted molar refractivity (Wildman–Crippen MR) is 246 cm³/mol. The second kappa shape index (κ2) is 26.7. The molecule has 2 aromatic rings. The zero-order valence-electron chi connectivity index (χ0n) is 37.0. The first-order valence-electron chi connectivity index (χ1n) is 21.5. The van der Waals surface area contributed by atoms with Crippen LogP contribution in [0.5, 0.6) is 0 Å². The molecule has 4 amide bonds. The van der Waals surface area contributed by atoms with Crippen LogP contribution in [0.25, 0.3) is 0 Å². The van der Waals surface area contributed by atoms with Crippen molar-refractivity contribution in [2.75, 3.05) is 37.3 Å². The van der Waals surface area contributed by atoms with Crippen LogP contribution in [0.2, 0.25) is 0 Å². The molecule has 16 heteroatoms. The monoisotopic (exact) mass is 985 g/mol. The Morgan fingerprint density at radius 1 is 0.778 bits per heavy atom. The highest BCUT2D eigenvalue weighted by Crippen LogP contribution is 2.31. The highest BCUT2D eigenvalue weighted by Gasteiger charge is 2.46. The van der Waals surface area contributed by atoms with Gasteiger partial charge in [0, 0.05) is 23.9 Å². The Labute approximate surface area is 385 Å². The van der Waals surface area contributed by atoms with Crippen LogP contribution in [0, 0.1) is 29.6 Å². The normalized spacial score (nSPS) is 16.2. The molecular formula is C47H64IN5O10. The van der Waals surface area contributed by atoms with Crippen molar-refractivity contribution in [3.63, 3.8) is 0 Å². The maximum Gasteiger partial charge on any atom is 0.307 e. The van der Waals surface area contributed by atoms with Crippen molar-refractivity contribution in [1.82, 2.24) is 26.2 Å². The number of rotatable bonds is 26. The Bertz CT molecular complexity index is 1870. The highest BCUT2D eigenvalue weighted by molar-refractivity contribution is 14.1. The van der Waals surface area contributed by atoms with Crippen LogP contribution >= 0.6 is 22.6 Å². The summed E-state index contributed by atoms with van der Waals surface area (Å²) in [4.78, 5) is 96.3. The molecule has 5 N–H and O–H groups in total. The Balaban J connectivity index is 1.90. The molecule has 0 bridgehead atoms. The fourth-order valence-corrected chi connectivity index (χ4v) is 7.90. The average molecular weight is 986 g/mol. The molecule has 15 nitrogen and oxygen atoms in total. The first kappa shape index (κ1) is 52.5. The van der Waals surface area contributed by atoms with Crippen LogP contribution in [0.3, 0.4) is 0 Å². The van der Waals surface area contributed by atoms with Crippen molar-refractivity contribution < 1.29 is 48.1 Å². The van der Waals surface area contributed by atoms with Crippen LogP contribution in [0.4, 0.5) is 0 Å². The molecule has 0 aliphatic carbocycles. The zero-order valence-corrected chi connectivity index (χ0v) is 39.2. The molecule has 1 aliphatic heterocycles. The number of nitrogens with one attached hydrogen (secondary N) is 4. The fraction of sp³-hybridized carbons (Fsp3) is 0.553. The van der Waals surface area contributed by atoms with Gasteiger partial charge in [0.15, 0.2) is 11.9 Å². The molecule has 1 fully saturated rings. The van der Waals surface area contributed by atoms with Gasteiger partial charge in [-0.05, 0) is 55.6 Å². The van der Waals surface area contributed by atoms with Gasteiger partial charge in [0.2, 0.25) is 23.6 Å². The summed E-state index contributed by atoms with van der Waals surface area (Å²) in [6, 6.07) is 14.2. The fourth-order valence-electron chi connectivity index (χ4n) is 7.12. The van der Waals surface area contributed by atoms with Gasteiger partial charge in [-0.25, -0.2) is 0 Å². The summed E-state index contributed by atoms with van der Waals surface area (Å²) in [6.07, 6.45) is 4.70. The van der Waals surface area contributed by atoms with Crippen molar-refractivity contribution in [2.24, 2.45) is 17.3 Å². The summed E-state index contributed by atoms with van der Waals surface area (Å²) in [5.74, 6) is -2.52. The summed E-state index contributed by atoms with van der Waals surface area (Å²) < 4.78 is 11.0. The lowest BCUT2D eigenvalue weighted by molar-refractivity contribution is -0.156. The minimum absolute atomic E-state index is 0.0400. The number of Topliss-reactive ketones (excluding diaryl/α,β-unsaturated/α-hetero) is 1. The first-order chi connectivity index (χ1) is 29.9. The zero-order chi connectivity index (χ0) is 46.5. The number of amides is 4. The number of ketones is 1. The third-order valence-corrected chi connectivity index (χ3v) is 12.2. The SMILES string of the molecule is C#CC(OC(=O)CCC(=O)O)[C@](C)(CI)C(=O)[C@H](CC(C)C)NC(=O)[C@H](Cc1ccccc1)NC(=O)[C@H](CC(C)C)NC(=O)[C@H](CCc1ccccc1)NC(=O)CN1CCOCC1. The number of alkyl halides is 1. The van der Waals surface area contributed by atoms with Gasteiger partial charge >= 0.3 is 11.9 Å². The molecule has 3 rings (SSSR count). The van der Waals surface area contributed by atoms with Crippen molar-refractivity contribution in [2.45, 2.75) is 110 Å². The number of benzene rings is 2. The van der Waals surface area contributed by atoms with E-state index in [9.17, 15) is 33.6 Å². The van der Waals surface area contributed by atoms with Crippen LogP contribution in [0.15, 0.2) is 60.7 Å². The molecule has 0 radical (unpaired) electrons. The molecule has 63 heavy (non-hydrogen) atoms. The van der Waals surface area contributed by atoms with E-state index in [1.165, 1.54) is 6.92 Å². The third-order valence-electron chi connectivity index (χ3n) is 10.6. The molecule has 2 aromatic carbocycles. The van der Waals surface area contributed by atoms with Gasteiger partial charge in [-0.3, -0.25) is 38.5 Å². The number of ether oxygens (including phenoxy) is 2. The second-order valence-electron chi connectivity index (χ2n) is 17.0. The predicted octanol–water partition coefficient (Wildman–Crippen LogP) is 3.65. The van der Waals surface area contributed by atoms with Gasteiger partial charge in [-0.1, -0.05) is 117 Å². The van der Waals surface area contributed by atoms with Gasteiger partial charge in [0.05, 0.1) is 44.1 Å². The average Bonchev–Trinajstić information content (AvgIpc) is 3.25. The maximum atomic E-state index is 14.5. The molecule has 0 saturated carbocycles. The van der Waals surface area contributed by atoms with Crippen molar-refractivity contribution in [3.05, 3.63) is 71.8 Å². The van der Waals surface area contributed by atoms with E-state index in [0.29, 0.717) is 32.7 Å². The Morgan fingerprint density at radius 2 is 1.30 bits per heavy atom. The standard InChI is InChI=1S/C47H64IN5O10/c1-7-39(63-42(57)21-20-41(55)56)47(6,30-48)43(58)36(26-31(2)3)50-46(61)38(28-34-16-12-9-13-17-34)52-45(60)37(27-32(4)5)51-44(59)35(19-18-33-14-10-8-11-15-33)49-40(54)29-53-22-24-62-25-23-53/h1,8-17,31-32,35-39H,18-30H2,2-6H3,(H,49,54)(H,50,61)(H,51,59)(H,52,60)(H,55,56)/t35-,36-,37-,38-,39?,47-/m0/s1. The van der Waals surface area contributed by atoms with Crippen molar-refractivity contribution >= 4 is 63.9 Å². The molecule has 1 heterocycles. The summed E-state index contributed by atoms with van der Waals surface area (Å²) in [5, 5.41) is 20.6. The van der Waals surface area contributed by atoms with Crippen LogP contribution < -0.4 is 21.3 Å². The molecule has 1 unspecified atom stereocenters. The smallest absolute Gasteiger partial charge is 0.307 e. The van der Waals surface area contributed by atoms with Crippen LogP contribution in [-0.2, 0) is 55.9 Å². The minimum Gasteiger partial charge on any atom is -0.481 e. The number of terminal acetylenes is 1. The number of aryl methyl sites for hydroxylation is 1. The van der Waals surface area contributed by atoms with Crippen molar-refractivity contribution in [1.29, 1.82) is 0 Å². The number of aliphatic carboxylic acids is 1. The second-order valence-corrected chi connectivity index (χ2v) is 17.8. The number of carboxylic acids is 1. The van der Waals surface area contributed by atoms with E-state index in [4.69, 9.17) is 21.0 Å². The number of carbonyl (C=O) groups excluding carboxylic acids is 6. The summed E-state index contributed by atoms with van der Waals surface area (Å²) >= 11 is 1.96. The quantitative estimate of drug-likeness (QED) is 0.0398. The van der Waals surface area contributed by atoms with Gasteiger partial charge in [0.1, 0.15) is 18.1 Å². The van der Waals surface area contributed by atoms with Gasteiger partial charge in [0.25, 0.3) is 0 Å². The molecule has 1 aliphatic rings. The van der Waals surface area contributed by atoms with Crippen LogP contribution in [-0.4, -0.2) is 119 Å². The van der Waals surface area contributed by atoms with E-state index >= 15 is 0 Å². The number of halogens is 1. The Kier molecular flexibility index (Phi) is 22.2. The van der Waals surface area contributed by atoms with Gasteiger partial charge in [-0.2, -0.15) is 0 Å². The number of hydrogen-bond donors (Lipinski definition) is 5. The van der Waals surface area contributed by atoms with Crippen molar-refractivity contribution in [3.8, 4) is 12.3 Å². The molecule has 0 spiro atoms. The van der Waals surface area contributed by atoms with E-state index in [2.05, 4.69) is 27.2 Å². The van der Waals surface area contributed by atoms with Crippen LogP contribution in [0.1, 0.15) is 77.8 Å². The maximum absolute atomic E-state index is 14.5. The minimum atomic E-state index is -1.49. The number of morpholine rings is 1.